The molecule has 0 N–H and O–H groups in total. The fourth-order valence-electron chi connectivity index (χ4n) is 1.58. The van der Waals surface area contributed by atoms with Crippen molar-refractivity contribution >= 4 is 11.6 Å². The third kappa shape index (κ3) is 1.83. The van der Waals surface area contributed by atoms with Crippen molar-refractivity contribution in [1.82, 2.24) is 9.97 Å². The van der Waals surface area contributed by atoms with E-state index in [2.05, 4.69) is 9.97 Å². The molecule has 1 aromatic rings. The summed E-state index contributed by atoms with van der Waals surface area (Å²) in [5.74, 6) is 2.09. The van der Waals surface area contributed by atoms with Crippen LogP contribution in [0.3, 0.4) is 0 Å². The lowest BCUT2D eigenvalue weighted by Gasteiger charge is -2.24. The molecular formula is C10H13ClN2. The standard InChI is InChI=1S/C10H13ClN2/c1-7-5-9(6-11)13-10(12-7)8-3-2-4-8/h5,8H,2-4,6H2,1H3. The van der Waals surface area contributed by atoms with Gasteiger partial charge in [-0.2, -0.15) is 0 Å². The number of nitrogens with zero attached hydrogens (tertiary/aromatic N) is 2. The van der Waals surface area contributed by atoms with Crippen molar-refractivity contribution in [3.05, 3.63) is 23.3 Å². The predicted octanol–water partition coefficient (Wildman–Crippen LogP) is 2.79. The van der Waals surface area contributed by atoms with Crippen molar-refractivity contribution < 1.29 is 0 Å². The Morgan fingerprint density at radius 1 is 1.46 bits per heavy atom. The normalized spacial score (nSPS) is 17.1. The topological polar surface area (TPSA) is 25.8 Å². The second-order valence-corrected chi connectivity index (χ2v) is 3.89. The Morgan fingerprint density at radius 2 is 2.23 bits per heavy atom. The van der Waals surface area contributed by atoms with Gasteiger partial charge in [-0.3, -0.25) is 0 Å². The second-order valence-electron chi connectivity index (χ2n) is 3.62. The molecule has 1 aliphatic carbocycles. The van der Waals surface area contributed by atoms with Crippen LogP contribution < -0.4 is 0 Å². The van der Waals surface area contributed by atoms with Crippen LogP contribution in [-0.4, -0.2) is 9.97 Å². The van der Waals surface area contributed by atoms with Crippen LogP contribution in [0.5, 0.6) is 0 Å². The molecule has 0 unspecified atom stereocenters. The van der Waals surface area contributed by atoms with Crippen molar-refractivity contribution in [1.29, 1.82) is 0 Å². The monoisotopic (exact) mass is 196 g/mol. The molecule has 0 radical (unpaired) electrons. The summed E-state index contributed by atoms with van der Waals surface area (Å²) in [6.45, 7) is 2.00. The van der Waals surface area contributed by atoms with Crippen molar-refractivity contribution in [3.8, 4) is 0 Å². The largest absolute Gasteiger partial charge is 0.238 e. The van der Waals surface area contributed by atoms with Crippen LogP contribution in [0.4, 0.5) is 0 Å². The summed E-state index contributed by atoms with van der Waals surface area (Å²) in [6, 6.07) is 1.95. The molecule has 0 atom stereocenters. The molecule has 0 aromatic carbocycles. The molecule has 70 valence electrons. The Bertz CT molecular complexity index is 308. The Morgan fingerprint density at radius 3 is 2.77 bits per heavy atom. The molecule has 1 aliphatic rings. The van der Waals surface area contributed by atoms with Crippen LogP contribution in [0.25, 0.3) is 0 Å². The van der Waals surface area contributed by atoms with E-state index >= 15 is 0 Å². The van der Waals surface area contributed by atoms with Crippen molar-refractivity contribution in [2.75, 3.05) is 0 Å². The second kappa shape index (κ2) is 3.62. The first-order chi connectivity index (χ1) is 6.29. The Hall–Kier alpha value is -0.630. The number of hydrogen-bond donors (Lipinski definition) is 0. The van der Waals surface area contributed by atoms with Gasteiger partial charge in [-0.1, -0.05) is 6.42 Å². The van der Waals surface area contributed by atoms with E-state index in [1.165, 1.54) is 19.3 Å². The van der Waals surface area contributed by atoms with E-state index in [0.717, 1.165) is 17.2 Å². The fraction of sp³-hybridized carbons (Fsp3) is 0.600. The molecule has 2 rings (SSSR count). The molecule has 0 amide bonds. The van der Waals surface area contributed by atoms with Crippen molar-refractivity contribution in [2.24, 2.45) is 0 Å². The van der Waals surface area contributed by atoms with E-state index in [1.54, 1.807) is 0 Å². The van der Waals surface area contributed by atoms with Gasteiger partial charge in [0, 0.05) is 11.6 Å². The van der Waals surface area contributed by atoms with Gasteiger partial charge >= 0.3 is 0 Å². The van der Waals surface area contributed by atoms with E-state index in [1.807, 2.05) is 13.0 Å². The van der Waals surface area contributed by atoms with Gasteiger partial charge in [-0.15, -0.1) is 11.6 Å². The Labute approximate surface area is 83.4 Å². The average molecular weight is 197 g/mol. The van der Waals surface area contributed by atoms with Gasteiger partial charge in [0.15, 0.2) is 0 Å². The minimum absolute atomic E-state index is 0.489. The molecule has 1 aromatic heterocycles. The number of alkyl halides is 1. The third-order valence-electron chi connectivity index (χ3n) is 2.53. The Balaban J connectivity index is 2.28. The average Bonchev–Trinajstić information content (AvgIpc) is 2.00. The smallest absolute Gasteiger partial charge is 0.131 e. The lowest BCUT2D eigenvalue weighted by Crippen LogP contribution is -2.14. The van der Waals surface area contributed by atoms with E-state index in [4.69, 9.17) is 11.6 Å². The number of halogens is 1. The molecule has 0 spiro atoms. The van der Waals surface area contributed by atoms with Gasteiger partial charge in [-0.05, 0) is 25.8 Å². The summed E-state index contributed by atoms with van der Waals surface area (Å²) in [5.41, 5.74) is 1.99. The molecule has 1 fully saturated rings. The quantitative estimate of drug-likeness (QED) is 0.680. The highest BCUT2D eigenvalue weighted by molar-refractivity contribution is 6.16. The minimum Gasteiger partial charge on any atom is -0.238 e. The molecule has 0 bridgehead atoms. The molecule has 2 nitrogen and oxygen atoms in total. The van der Waals surface area contributed by atoms with Gasteiger partial charge in [0.25, 0.3) is 0 Å². The number of rotatable bonds is 2. The zero-order valence-electron chi connectivity index (χ0n) is 7.76. The summed E-state index contributed by atoms with van der Waals surface area (Å²) in [6.07, 6.45) is 3.80. The summed E-state index contributed by atoms with van der Waals surface area (Å²) in [5, 5.41) is 0. The van der Waals surface area contributed by atoms with Gasteiger partial charge in [0.05, 0.1) is 11.6 Å². The zero-order chi connectivity index (χ0) is 9.26. The molecule has 1 heterocycles. The van der Waals surface area contributed by atoms with E-state index < -0.39 is 0 Å². The SMILES string of the molecule is Cc1cc(CCl)nc(C2CCC2)n1. The Kier molecular flexibility index (Phi) is 2.49. The van der Waals surface area contributed by atoms with E-state index in [9.17, 15) is 0 Å². The highest BCUT2D eigenvalue weighted by Crippen LogP contribution is 2.34. The summed E-state index contributed by atoms with van der Waals surface area (Å²) in [7, 11) is 0. The van der Waals surface area contributed by atoms with Gasteiger partial charge < -0.3 is 0 Å². The van der Waals surface area contributed by atoms with Crippen LogP contribution in [0.1, 0.15) is 42.4 Å². The molecule has 0 aliphatic heterocycles. The predicted molar refractivity (Wildman–Crippen MR) is 52.9 cm³/mol. The number of aryl methyl sites for hydroxylation is 1. The molecule has 3 heteroatoms. The third-order valence-corrected chi connectivity index (χ3v) is 2.81. The van der Waals surface area contributed by atoms with Crippen LogP contribution in [0.2, 0.25) is 0 Å². The lowest BCUT2D eigenvalue weighted by molar-refractivity contribution is 0.400. The fourth-order valence-corrected chi connectivity index (χ4v) is 1.71. The van der Waals surface area contributed by atoms with E-state index in [0.29, 0.717) is 11.8 Å². The van der Waals surface area contributed by atoms with Crippen molar-refractivity contribution in [2.45, 2.75) is 38.0 Å². The van der Waals surface area contributed by atoms with Gasteiger partial charge in [0.2, 0.25) is 0 Å². The van der Waals surface area contributed by atoms with Crippen LogP contribution >= 0.6 is 11.6 Å². The van der Waals surface area contributed by atoms with Crippen LogP contribution in [0, 0.1) is 6.92 Å². The molecular weight excluding hydrogens is 184 g/mol. The first kappa shape index (κ1) is 8.95. The highest BCUT2D eigenvalue weighted by atomic mass is 35.5. The zero-order valence-corrected chi connectivity index (χ0v) is 8.51. The van der Waals surface area contributed by atoms with Gasteiger partial charge in [-0.25, -0.2) is 9.97 Å². The minimum atomic E-state index is 0.489. The lowest BCUT2D eigenvalue weighted by atomic mass is 9.85. The summed E-state index contributed by atoms with van der Waals surface area (Å²) >= 11 is 5.75. The first-order valence-electron chi connectivity index (χ1n) is 4.70. The van der Waals surface area contributed by atoms with E-state index in [-0.39, 0.29) is 0 Å². The molecule has 0 saturated heterocycles. The maximum atomic E-state index is 5.75. The summed E-state index contributed by atoms with van der Waals surface area (Å²) < 4.78 is 0. The first-order valence-corrected chi connectivity index (χ1v) is 5.23. The van der Waals surface area contributed by atoms with Crippen molar-refractivity contribution in [3.63, 3.8) is 0 Å². The maximum absolute atomic E-state index is 5.75. The summed E-state index contributed by atoms with van der Waals surface area (Å²) in [4.78, 5) is 8.87. The molecule has 13 heavy (non-hydrogen) atoms. The van der Waals surface area contributed by atoms with Gasteiger partial charge in [0.1, 0.15) is 5.82 Å². The number of aromatic nitrogens is 2. The number of hydrogen-bond acceptors (Lipinski definition) is 2. The van der Waals surface area contributed by atoms with Crippen LogP contribution in [0.15, 0.2) is 6.07 Å². The maximum Gasteiger partial charge on any atom is 0.131 e. The molecule has 1 saturated carbocycles. The highest BCUT2D eigenvalue weighted by Gasteiger charge is 2.22. The van der Waals surface area contributed by atoms with Crippen LogP contribution in [-0.2, 0) is 5.88 Å².